The number of nitrogens with one attached hydrogen (secondary N) is 1. The topological polar surface area (TPSA) is 58.6 Å². The number of likely N-dealkylation sites (tertiary alicyclic amines) is 1. The Kier molecular flexibility index (Phi) is 4.83. The van der Waals surface area contributed by atoms with Crippen LogP contribution in [0.5, 0.6) is 0 Å². The summed E-state index contributed by atoms with van der Waals surface area (Å²) in [6.45, 7) is 4.21. The molecule has 1 saturated carbocycles. The molecule has 136 valence electrons. The summed E-state index contributed by atoms with van der Waals surface area (Å²) in [6, 6.07) is -0.937. The second-order valence-electron chi connectivity index (χ2n) is 7.05. The van der Waals surface area contributed by atoms with Crippen molar-refractivity contribution in [2.24, 2.45) is 5.92 Å². The van der Waals surface area contributed by atoms with E-state index < -0.39 is 48.3 Å². The van der Waals surface area contributed by atoms with Crippen molar-refractivity contribution in [1.82, 2.24) is 10.2 Å². The molecule has 2 rings (SSSR count). The lowest BCUT2D eigenvalue weighted by Gasteiger charge is -2.29. The van der Waals surface area contributed by atoms with Gasteiger partial charge >= 0.3 is 12.3 Å². The summed E-state index contributed by atoms with van der Waals surface area (Å²) in [5, 5.41) is 2.10. The van der Waals surface area contributed by atoms with E-state index in [-0.39, 0.29) is 12.0 Å². The van der Waals surface area contributed by atoms with Crippen LogP contribution >= 0.6 is 0 Å². The van der Waals surface area contributed by atoms with Gasteiger partial charge in [-0.05, 0) is 39.5 Å². The number of rotatable bonds is 3. The molecule has 2 fully saturated rings. The quantitative estimate of drug-likeness (QED) is 0.795. The third-order valence-electron chi connectivity index (χ3n) is 3.76. The standard InChI is InChI=1S/C15H20F4N2O3/c1-14(2,3)24-13(23)21-10-4-8(10)5-11(21)12(22)20-7-9(16)6-15(17,18)19/h6,8,10-11H,4-5,7H2,1-3H3,(H,20,22)/b9-6+. The number of ether oxygens (including phenoxy) is 1. The summed E-state index contributed by atoms with van der Waals surface area (Å²) >= 11 is 0. The van der Waals surface area contributed by atoms with E-state index in [0.717, 1.165) is 6.42 Å². The van der Waals surface area contributed by atoms with Crippen LogP contribution in [0.15, 0.2) is 11.9 Å². The van der Waals surface area contributed by atoms with Gasteiger partial charge in [0.1, 0.15) is 17.5 Å². The van der Waals surface area contributed by atoms with Crippen LogP contribution in [0, 0.1) is 5.92 Å². The van der Waals surface area contributed by atoms with Crippen LogP contribution in [0.25, 0.3) is 0 Å². The molecule has 9 heteroatoms. The fourth-order valence-corrected chi connectivity index (χ4v) is 2.79. The van der Waals surface area contributed by atoms with E-state index in [2.05, 4.69) is 5.32 Å². The van der Waals surface area contributed by atoms with Gasteiger partial charge < -0.3 is 10.1 Å². The molecule has 1 N–H and O–H groups in total. The zero-order chi connectivity index (χ0) is 18.3. The molecule has 2 aliphatic rings. The van der Waals surface area contributed by atoms with Gasteiger partial charge in [0.2, 0.25) is 5.91 Å². The second-order valence-corrected chi connectivity index (χ2v) is 7.05. The first-order chi connectivity index (χ1) is 10.9. The Morgan fingerprint density at radius 3 is 2.42 bits per heavy atom. The van der Waals surface area contributed by atoms with Gasteiger partial charge in [-0.2, -0.15) is 13.2 Å². The molecule has 1 aliphatic heterocycles. The van der Waals surface area contributed by atoms with E-state index in [9.17, 15) is 27.2 Å². The monoisotopic (exact) mass is 352 g/mol. The summed E-state index contributed by atoms with van der Waals surface area (Å²) in [4.78, 5) is 25.7. The van der Waals surface area contributed by atoms with Crippen LogP contribution in [0.2, 0.25) is 0 Å². The maximum atomic E-state index is 13.1. The van der Waals surface area contributed by atoms with Crippen LogP contribution in [-0.4, -0.2) is 47.3 Å². The molecule has 1 heterocycles. The molecule has 1 aliphatic carbocycles. The maximum absolute atomic E-state index is 13.1. The van der Waals surface area contributed by atoms with E-state index >= 15 is 0 Å². The highest BCUT2D eigenvalue weighted by Crippen LogP contribution is 2.48. The molecule has 0 spiro atoms. The average molecular weight is 352 g/mol. The van der Waals surface area contributed by atoms with Crippen molar-refractivity contribution in [3.63, 3.8) is 0 Å². The molecule has 24 heavy (non-hydrogen) atoms. The summed E-state index contributed by atoms with van der Waals surface area (Å²) < 4.78 is 54.4. The Labute approximate surface area is 137 Å². The Balaban J connectivity index is 1.96. The molecule has 0 aromatic heterocycles. The number of amides is 2. The van der Waals surface area contributed by atoms with Crippen molar-refractivity contribution in [2.45, 2.75) is 57.5 Å². The summed E-state index contributed by atoms with van der Waals surface area (Å²) in [6.07, 6.45) is -4.76. The van der Waals surface area contributed by atoms with Crippen LogP contribution in [0.3, 0.4) is 0 Å². The molecule has 0 bridgehead atoms. The van der Waals surface area contributed by atoms with E-state index in [4.69, 9.17) is 4.74 Å². The normalized spacial score (nSPS) is 26.9. The van der Waals surface area contributed by atoms with Gasteiger partial charge in [-0.15, -0.1) is 0 Å². The number of alkyl halides is 3. The Morgan fingerprint density at radius 1 is 1.25 bits per heavy atom. The fourth-order valence-electron chi connectivity index (χ4n) is 2.79. The van der Waals surface area contributed by atoms with Gasteiger partial charge in [0.15, 0.2) is 0 Å². The van der Waals surface area contributed by atoms with Gasteiger partial charge in [0.25, 0.3) is 0 Å². The maximum Gasteiger partial charge on any atom is 0.412 e. The summed E-state index contributed by atoms with van der Waals surface area (Å²) in [7, 11) is 0. The van der Waals surface area contributed by atoms with Gasteiger partial charge in [0, 0.05) is 6.04 Å². The van der Waals surface area contributed by atoms with Gasteiger partial charge in [-0.1, -0.05) is 0 Å². The molecular weight excluding hydrogens is 332 g/mol. The van der Waals surface area contributed by atoms with E-state index in [1.54, 1.807) is 20.8 Å². The molecule has 1 saturated heterocycles. The van der Waals surface area contributed by atoms with E-state index in [1.165, 1.54) is 4.90 Å². The number of allylic oxidation sites excluding steroid dienone is 1. The number of carbonyl (C=O) groups is 2. The molecule has 2 amide bonds. The fraction of sp³-hybridized carbons (Fsp3) is 0.733. The van der Waals surface area contributed by atoms with Crippen LogP contribution < -0.4 is 5.32 Å². The molecule has 0 aromatic carbocycles. The molecule has 3 unspecified atom stereocenters. The molecule has 0 radical (unpaired) electrons. The van der Waals surface area contributed by atoms with Crippen LogP contribution in [0.1, 0.15) is 33.6 Å². The molecule has 5 nitrogen and oxygen atoms in total. The smallest absolute Gasteiger partial charge is 0.412 e. The van der Waals surface area contributed by atoms with Crippen molar-refractivity contribution in [2.75, 3.05) is 6.54 Å². The lowest BCUT2D eigenvalue weighted by Crippen LogP contribution is -2.49. The van der Waals surface area contributed by atoms with Crippen LogP contribution in [0.4, 0.5) is 22.4 Å². The summed E-state index contributed by atoms with van der Waals surface area (Å²) in [5.74, 6) is -1.99. The van der Waals surface area contributed by atoms with Crippen molar-refractivity contribution < 1.29 is 31.9 Å². The third kappa shape index (κ3) is 4.85. The van der Waals surface area contributed by atoms with Crippen molar-refractivity contribution in [3.8, 4) is 0 Å². The predicted molar refractivity (Wildman–Crippen MR) is 76.6 cm³/mol. The third-order valence-corrected chi connectivity index (χ3v) is 3.76. The first kappa shape index (κ1) is 18.5. The number of halogens is 4. The van der Waals surface area contributed by atoms with E-state index in [0.29, 0.717) is 6.42 Å². The lowest BCUT2D eigenvalue weighted by atomic mass is 10.1. The second kappa shape index (κ2) is 6.25. The number of carbonyl (C=O) groups excluding carboxylic acids is 2. The first-order valence-corrected chi connectivity index (χ1v) is 7.60. The zero-order valence-corrected chi connectivity index (χ0v) is 13.6. The molecule has 0 aromatic rings. The highest BCUT2D eigenvalue weighted by Gasteiger charge is 2.57. The van der Waals surface area contributed by atoms with Gasteiger partial charge in [-0.3, -0.25) is 9.69 Å². The lowest BCUT2D eigenvalue weighted by molar-refractivity contribution is -0.126. The highest BCUT2D eigenvalue weighted by molar-refractivity contribution is 5.87. The molecule has 3 atom stereocenters. The van der Waals surface area contributed by atoms with Gasteiger partial charge in [0.05, 0.1) is 12.6 Å². The van der Waals surface area contributed by atoms with Crippen molar-refractivity contribution >= 4 is 12.0 Å². The molecular formula is C15H20F4N2O3. The Bertz CT molecular complexity index is 554. The van der Waals surface area contributed by atoms with E-state index in [1.807, 2.05) is 0 Å². The number of fused-ring (bicyclic) bond motifs is 1. The van der Waals surface area contributed by atoms with Crippen molar-refractivity contribution in [3.05, 3.63) is 11.9 Å². The minimum atomic E-state index is -4.79. The van der Waals surface area contributed by atoms with Crippen molar-refractivity contribution in [1.29, 1.82) is 0 Å². The number of nitrogens with zero attached hydrogens (tertiary/aromatic N) is 1. The minimum absolute atomic E-state index is 0.0915. The average Bonchev–Trinajstić information content (AvgIpc) is 3.02. The number of hydrogen-bond acceptors (Lipinski definition) is 3. The number of piperidine rings is 1. The number of hydrogen-bond donors (Lipinski definition) is 1. The largest absolute Gasteiger partial charge is 0.444 e. The SMILES string of the molecule is CC(C)(C)OC(=O)N1C(C(=O)NC/C(F)=C\C(F)(F)F)CC2CC21. The zero-order valence-electron chi connectivity index (χ0n) is 13.6. The minimum Gasteiger partial charge on any atom is -0.444 e. The highest BCUT2D eigenvalue weighted by atomic mass is 19.4. The predicted octanol–water partition coefficient (Wildman–Crippen LogP) is 2.92. The summed E-state index contributed by atoms with van der Waals surface area (Å²) in [5.41, 5.74) is -0.730. The van der Waals surface area contributed by atoms with Crippen LogP contribution in [-0.2, 0) is 9.53 Å². The van der Waals surface area contributed by atoms with Gasteiger partial charge in [-0.25, -0.2) is 9.18 Å². The first-order valence-electron chi connectivity index (χ1n) is 7.60. The Morgan fingerprint density at radius 2 is 1.88 bits per heavy atom. The Hall–Kier alpha value is -1.80.